The third-order valence-corrected chi connectivity index (χ3v) is 3.79. The summed E-state index contributed by atoms with van der Waals surface area (Å²) in [6, 6.07) is 3.03. The zero-order chi connectivity index (χ0) is 17.0. The van der Waals surface area contributed by atoms with E-state index >= 15 is 0 Å². The summed E-state index contributed by atoms with van der Waals surface area (Å²) in [4.78, 5) is 33.4. The number of hydrogen-bond acceptors (Lipinski definition) is 3. The van der Waals surface area contributed by atoms with Gasteiger partial charge in [0.05, 0.1) is 12.1 Å². The smallest absolute Gasteiger partial charge is 0.256 e. The maximum atomic E-state index is 13.0. The molecule has 2 heterocycles. The molecule has 0 unspecified atom stereocenters. The van der Waals surface area contributed by atoms with Gasteiger partial charge < -0.3 is 14.5 Å². The summed E-state index contributed by atoms with van der Waals surface area (Å²) in [6.45, 7) is 7.06. The van der Waals surface area contributed by atoms with Gasteiger partial charge in [-0.1, -0.05) is 20.8 Å². The fraction of sp³-hybridized carbons (Fsp3) is 0.471. The molecule has 0 bridgehead atoms. The van der Waals surface area contributed by atoms with Crippen molar-refractivity contribution in [2.75, 3.05) is 6.54 Å². The van der Waals surface area contributed by atoms with Gasteiger partial charge in [0.2, 0.25) is 5.56 Å². The Morgan fingerprint density at radius 2 is 2.13 bits per heavy atom. The topological polar surface area (TPSA) is 71.0 Å². The van der Waals surface area contributed by atoms with Crippen LogP contribution in [0.3, 0.4) is 0 Å². The summed E-state index contributed by atoms with van der Waals surface area (Å²) >= 11 is 0. The van der Waals surface area contributed by atoms with Crippen LogP contribution in [0.25, 0.3) is 0 Å². The van der Waals surface area contributed by atoms with E-state index < -0.39 is 0 Å². The highest BCUT2D eigenvalue weighted by atomic mass is 16.2. The van der Waals surface area contributed by atoms with E-state index in [2.05, 4.69) is 9.97 Å². The van der Waals surface area contributed by atoms with E-state index in [0.717, 1.165) is 12.2 Å². The minimum atomic E-state index is -0.184. The van der Waals surface area contributed by atoms with Crippen molar-refractivity contribution in [3.8, 4) is 0 Å². The van der Waals surface area contributed by atoms with Gasteiger partial charge in [-0.25, -0.2) is 4.98 Å². The Balaban J connectivity index is 2.34. The van der Waals surface area contributed by atoms with Crippen molar-refractivity contribution in [2.24, 2.45) is 7.05 Å². The SMILES string of the molecule is CCCN(Cc1nccn1C)C(=O)c1ccc(=O)[nH]c1C(C)C. The molecule has 6 heteroatoms. The molecular weight excluding hydrogens is 292 g/mol. The lowest BCUT2D eigenvalue weighted by molar-refractivity contribution is 0.0735. The van der Waals surface area contributed by atoms with Crippen LogP contribution in [-0.4, -0.2) is 31.9 Å². The summed E-state index contributed by atoms with van der Waals surface area (Å²) in [5.41, 5.74) is 1.06. The highest BCUT2D eigenvalue weighted by Gasteiger charge is 2.21. The van der Waals surface area contributed by atoms with Crippen LogP contribution in [0, 0.1) is 0 Å². The van der Waals surface area contributed by atoms with Crippen molar-refractivity contribution in [1.29, 1.82) is 0 Å². The molecule has 0 fully saturated rings. The second-order valence-electron chi connectivity index (χ2n) is 5.99. The van der Waals surface area contributed by atoms with Gasteiger partial charge in [-0.2, -0.15) is 0 Å². The summed E-state index contributed by atoms with van der Waals surface area (Å²) in [5, 5.41) is 0. The largest absolute Gasteiger partial charge is 0.337 e. The number of aromatic amines is 1. The highest BCUT2D eigenvalue weighted by Crippen LogP contribution is 2.18. The second kappa shape index (κ2) is 7.26. The molecule has 0 saturated carbocycles. The quantitative estimate of drug-likeness (QED) is 0.889. The van der Waals surface area contributed by atoms with Crippen molar-refractivity contribution in [2.45, 2.75) is 39.7 Å². The molecule has 0 atom stereocenters. The van der Waals surface area contributed by atoms with Crippen LogP contribution >= 0.6 is 0 Å². The summed E-state index contributed by atoms with van der Waals surface area (Å²) in [6.07, 6.45) is 4.45. The van der Waals surface area contributed by atoms with Gasteiger partial charge in [-0.15, -0.1) is 0 Å². The zero-order valence-electron chi connectivity index (χ0n) is 14.2. The number of pyridine rings is 1. The maximum absolute atomic E-state index is 13.0. The predicted molar refractivity (Wildman–Crippen MR) is 89.4 cm³/mol. The molecule has 0 aromatic carbocycles. The Labute approximate surface area is 136 Å². The minimum Gasteiger partial charge on any atom is -0.337 e. The zero-order valence-corrected chi connectivity index (χ0v) is 14.2. The lowest BCUT2D eigenvalue weighted by Gasteiger charge is -2.23. The van der Waals surface area contributed by atoms with Gasteiger partial charge in [0, 0.05) is 37.7 Å². The van der Waals surface area contributed by atoms with Crippen LogP contribution in [0.5, 0.6) is 0 Å². The standard InChI is InChI=1S/C17H24N4O2/c1-5-9-21(11-14-18-8-10-20(14)4)17(23)13-6-7-15(22)19-16(13)12(2)3/h6-8,10,12H,5,9,11H2,1-4H3,(H,19,22). The first-order valence-electron chi connectivity index (χ1n) is 7.92. The second-order valence-corrected chi connectivity index (χ2v) is 5.99. The number of nitrogens with one attached hydrogen (secondary N) is 1. The number of hydrogen-bond donors (Lipinski definition) is 1. The lowest BCUT2D eigenvalue weighted by Crippen LogP contribution is -2.33. The Morgan fingerprint density at radius 3 is 2.70 bits per heavy atom. The Bertz CT molecular complexity index is 730. The van der Waals surface area contributed by atoms with Crippen molar-refractivity contribution < 1.29 is 4.79 Å². The van der Waals surface area contributed by atoms with E-state index in [0.29, 0.717) is 24.3 Å². The molecule has 0 aliphatic carbocycles. The van der Waals surface area contributed by atoms with Crippen LogP contribution in [-0.2, 0) is 13.6 Å². The molecular formula is C17H24N4O2. The third-order valence-electron chi connectivity index (χ3n) is 3.79. The number of carbonyl (C=O) groups excluding carboxylic acids is 1. The summed E-state index contributed by atoms with van der Waals surface area (Å²) < 4.78 is 1.91. The molecule has 1 amide bonds. The normalized spacial score (nSPS) is 11.0. The van der Waals surface area contributed by atoms with Gasteiger partial charge >= 0.3 is 0 Å². The molecule has 2 aromatic heterocycles. The van der Waals surface area contributed by atoms with Crippen LogP contribution in [0.4, 0.5) is 0 Å². The average molecular weight is 316 g/mol. The molecule has 2 rings (SSSR count). The first-order valence-corrected chi connectivity index (χ1v) is 7.92. The molecule has 2 aromatic rings. The predicted octanol–water partition coefficient (Wildman–Crippen LogP) is 2.28. The first kappa shape index (κ1) is 17.0. The van der Waals surface area contributed by atoms with E-state index in [1.165, 1.54) is 6.07 Å². The number of aryl methyl sites for hydroxylation is 1. The monoisotopic (exact) mass is 316 g/mol. The van der Waals surface area contributed by atoms with Crippen LogP contribution in [0.2, 0.25) is 0 Å². The van der Waals surface area contributed by atoms with E-state index in [9.17, 15) is 9.59 Å². The molecule has 0 aliphatic rings. The van der Waals surface area contributed by atoms with Crippen molar-refractivity contribution in [3.63, 3.8) is 0 Å². The van der Waals surface area contributed by atoms with Gasteiger partial charge in [-0.3, -0.25) is 9.59 Å². The number of aromatic nitrogens is 3. The fourth-order valence-electron chi connectivity index (χ4n) is 2.54. The van der Waals surface area contributed by atoms with Gasteiger partial charge in [0.15, 0.2) is 0 Å². The molecule has 0 spiro atoms. The van der Waals surface area contributed by atoms with Crippen LogP contribution in [0.1, 0.15) is 55.0 Å². The summed E-state index contributed by atoms with van der Waals surface area (Å²) in [7, 11) is 1.91. The van der Waals surface area contributed by atoms with Crippen molar-refractivity contribution in [1.82, 2.24) is 19.4 Å². The van der Waals surface area contributed by atoms with Gasteiger partial charge in [0.25, 0.3) is 5.91 Å². The lowest BCUT2D eigenvalue weighted by atomic mass is 10.0. The number of amides is 1. The number of nitrogens with zero attached hydrogens (tertiary/aromatic N) is 3. The first-order chi connectivity index (χ1) is 10.9. The van der Waals surface area contributed by atoms with E-state index in [1.807, 2.05) is 38.6 Å². The van der Waals surface area contributed by atoms with Crippen molar-refractivity contribution >= 4 is 5.91 Å². The molecule has 23 heavy (non-hydrogen) atoms. The third kappa shape index (κ3) is 3.88. The summed E-state index contributed by atoms with van der Waals surface area (Å²) in [5.74, 6) is 0.830. The number of imidazole rings is 1. The average Bonchev–Trinajstić information content (AvgIpc) is 2.91. The number of rotatable bonds is 6. The molecule has 6 nitrogen and oxygen atoms in total. The Morgan fingerprint density at radius 1 is 1.39 bits per heavy atom. The molecule has 0 radical (unpaired) electrons. The number of H-pyrrole nitrogens is 1. The Hall–Kier alpha value is -2.37. The minimum absolute atomic E-state index is 0.0690. The maximum Gasteiger partial charge on any atom is 0.256 e. The molecule has 124 valence electrons. The van der Waals surface area contributed by atoms with E-state index in [-0.39, 0.29) is 17.4 Å². The fourth-order valence-corrected chi connectivity index (χ4v) is 2.54. The molecule has 0 saturated heterocycles. The number of carbonyl (C=O) groups is 1. The van der Waals surface area contributed by atoms with Gasteiger partial charge in [-0.05, 0) is 18.4 Å². The van der Waals surface area contributed by atoms with Gasteiger partial charge in [0.1, 0.15) is 5.82 Å². The van der Waals surface area contributed by atoms with E-state index in [1.54, 1.807) is 17.2 Å². The Kier molecular flexibility index (Phi) is 5.36. The van der Waals surface area contributed by atoms with Crippen LogP contribution in [0.15, 0.2) is 29.3 Å². The highest BCUT2D eigenvalue weighted by molar-refractivity contribution is 5.95. The molecule has 1 N–H and O–H groups in total. The van der Waals surface area contributed by atoms with E-state index in [4.69, 9.17) is 0 Å². The van der Waals surface area contributed by atoms with Crippen molar-refractivity contribution in [3.05, 3.63) is 52.0 Å². The molecule has 0 aliphatic heterocycles. The van der Waals surface area contributed by atoms with Crippen LogP contribution < -0.4 is 5.56 Å².